The zero-order valence-corrected chi connectivity index (χ0v) is 18.9. The molecule has 0 aromatic carbocycles. The minimum Gasteiger partial charge on any atom is -0.544 e. The molecule has 134 valence electrons. The van der Waals surface area contributed by atoms with Gasteiger partial charge in [0.25, 0.3) is 0 Å². The highest BCUT2D eigenvalue weighted by atomic mass is 28.4. The largest absolute Gasteiger partial charge is 0.544 e. The van der Waals surface area contributed by atoms with Crippen LogP contribution < -0.4 is 0 Å². The third-order valence-corrected chi connectivity index (χ3v) is 10.2. The van der Waals surface area contributed by atoms with Gasteiger partial charge in [0.05, 0.1) is 18.9 Å². The van der Waals surface area contributed by atoms with Gasteiger partial charge in [-0.15, -0.1) is 0 Å². The maximum absolute atomic E-state index is 6.41. The van der Waals surface area contributed by atoms with E-state index in [0.29, 0.717) is 18.4 Å². The van der Waals surface area contributed by atoms with Gasteiger partial charge < -0.3 is 8.85 Å². The van der Waals surface area contributed by atoms with Gasteiger partial charge in [0, 0.05) is 5.92 Å². The van der Waals surface area contributed by atoms with Gasteiger partial charge in [0.2, 0.25) is 8.32 Å². The lowest BCUT2D eigenvalue weighted by Gasteiger charge is -2.38. The summed E-state index contributed by atoms with van der Waals surface area (Å²) in [5.74, 6) is 1.86. The third-order valence-electron chi connectivity index (χ3n) is 4.81. The molecule has 5 heteroatoms. The average molecular weight is 356 g/mol. The summed E-state index contributed by atoms with van der Waals surface area (Å²) in [6, 6.07) is 0.207. The second-order valence-electron chi connectivity index (χ2n) is 9.52. The normalized spacial score (nSPS) is 23.2. The van der Waals surface area contributed by atoms with Crippen LogP contribution in [0.4, 0.5) is 0 Å². The molecule has 1 heterocycles. The highest BCUT2D eigenvalue weighted by Gasteiger charge is 2.38. The molecule has 0 spiro atoms. The van der Waals surface area contributed by atoms with Gasteiger partial charge in [-0.1, -0.05) is 34.6 Å². The molecule has 0 aliphatic carbocycles. The fraction of sp³-hybridized carbons (Fsp3) is 0.833. The van der Waals surface area contributed by atoms with Crippen molar-refractivity contribution in [3.05, 3.63) is 11.8 Å². The van der Waals surface area contributed by atoms with Crippen LogP contribution in [-0.4, -0.2) is 35.5 Å². The summed E-state index contributed by atoms with van der Waals surface area (Å²) in [4.78, 5) is 4.78. The molecule has 0 aromatic rings. The molecule has 0 saturated heterocycles. The van der Waals surface area contributed by atoms with Crippen molar-refractivity contribution in [2.75, 3.05) is 6.61 Å². The molecule has 0 saturated carbocycles. The van der Waals surface area contributed by atoms with E-state index in [0.717, 1.165) is 5.76 Å². The first-order valence-corrected chi connectivity index (χ1v) is 15.1. The summed E-state index contributed by atoms with van der Waals surface area (Å²) in [7, 11) is -3.32. The lowest BCUT2D eigenvalue weighted by molar-refractivity contribution is 0.220. The van der Waals surface area contributed by atoms with Crippen LogP contribution in [0.2, 0.25) is 37.8 Å². The summed E-state index contributed by atoms with van der Waals surface area (Å²) in [6.07, 6.45) is 4.19. The van der Waals surface area contributed by atoms with E-state index in [-0.39, 0.29) is 11.1 Å². The van der Waals surface area contributed by atoms with E-state index < -0.39 is 16.6 Å². The molecule has 0 aromatic heterocycles. The van der Waals surface area contributed by atoms with Crippen LogP contribution in [-0.2, 0) is 8.85 Å². The Bertz CT molecular complexity index is 457. The van der Waals surface area contributed by atoms with Crippen molar-refractivity contribution in [2.45, 2.75) is 78.4 Å². The van der Waals surface area contributed by atoms with E-state index in [1.54, 1.807) is 0 Å². The molecule has 0 fully saturated rings. The molecular weight excluding hydrogens is 318 g/mol. The Labute approximate surface area is 145 Å². The minimum absolute atomic E-state index is 0.207. The van der Waals surface area contributed by atoms with Crippen molar-refractivity contribution in [3.8, 4) is 0 Å². The standard InChI is InChI=1S/C18H37NO2Si2/c1-14(2)16-11-15(21-22(6,7)8)12-19-17(16)13-20-23(9,10)18(3,4)5/h11-12,14,16-17H,13H2,1-10H3. The summed E-state index contributed by atoms with van der Waals surface area (Å²) < 4.78 is 12.5. The third kappa shape index (κ3) is 6.20. The first-order chi connectivity index (χ1) is 10.2. The number of dihydropyridines is 1. The van der Waals surface area contributed by atoms with Gasteiger partial charge in [0.15, 0.2) is 8.32 Å². The molecule has 2 atom stereocenters. The van der Waals surface area contributed by atoms with Crippen molar-refractivity contribution in [3.63, 3.8) is 0 Å². The van der Waals surface area contributed by atoms with Crippen LogP contribution in [0.1, 0.15) is 34.6 Å². The van der Waals surface area contributed by atoms with E-state index in [1.807, 2.05) is 6.21 Å². The predicted molar refractivity (Wildman–Crippen MR) is 106 cm³/mol. The molecule has 0 radical (unpaired) electrons. The Morgan fingerprint density at radius 2 is 1.70 bits per heavy atom. The van der Waals surface area contributed by atoms with E-state index in [2.05, 4.69) is 73.4 Å². The molecule has 1 aliphatic rings. The Morgan fingerprint density at radius 3 is 2.13 bits per heavy atom. The lowest BCUT2D eigenvalue weighted by Crippen LogP contribution is -2.44. The Hall–Kier alpha value is -0.396. The van der Waals surface area contributed by atoms with Crippen molar-refractivity contribution in [2.24, 2.45) is 16.8 Å². The van der Waals surface area contributed by atoms with Crippen LogP contribution in [0, 0.1) is 11.8 Å². The first kappa shape index (κ1) is 20.6. The van der Waals surface area contributed by atoms with Crippen molar-refractivity contribution in [1.82, 2.24) is 0 Å². The number of allylic oxidation sites excluding steroid dienone is 1. The van der Waals surface area contributed by atoms with Crippen molar-refractivity contribution in [1.29, 1.82) is 0 Å². The molecule has 0 amide bonds. The number of hydrogen-bond acceptors (Lipinski definition) is 3. The molecule has 23 heavy (non-hydrogen) atoms. The molecule has 3 nitrogen and oxygen atoms in total. The molecule has 0 N–H and O–H groups in total. The van der Waals surface area contributed by atoms with Crippen molar-refractivity contribution >= 4 is 22.8 Å². The van der Waals surface area contributed by atoms with E-state index in [4.69, 9.17) is 13.8 Å². The lowest BCUT2D eigenvalue weighted by atomic mass is 9.87. The second-order valence-corrected chi connectivity index (χ2v) is 18.8. The Kier molecular flexibility index (Phi) is 6.50. The number of hydrogen-bond donors (Lipinski definition) is 0. The fourth-order valence-corrected chi connectivity index (χ4v) is 4.18. The van der Waals surface area contributed by atoms with Gasteiger partial charge in [-0.05, 0) is 49.8 Å². The van der Waals surface area contributed by atoms with Gasteiger partial charge in [-0.3, -0.25) is 4.99 Å². The van der Waals surface area contributed by atoms with E-state index >= 15 is 0 Å². The van der Waals surface area contributed by atoms with Crippen LogP contribution in [0.25, 0.3) is 0 Å². The van der Waals surface area contributed by atoms with Gasteiger partial charge in [0.1, 0.15) is 5.76 Å². The van der Waals surface area contributed by atoms with Crippen LogP contribution in [0.5, 0.6) is 0 Å². The number of rotatable bonds is 6. The molecule has 0 bridgehead atoms. The van der Waals surface area contributed by atoms with Gasteiger partial charge >= 0.3 is 0 Å². The topological polar surface area (TPSA) is 30.8 Å². The van der Waals surface area contributed by atoms with Crippen LogP contribution >= 0.6 is 0 Å². The summed E-state index contributed by atoms with van der Waals surface area (Å²) >= 11 is 0. The molecular formula is C18H37NO2Si2. The summed E-state index contributed by atoms with van der Waals surface area (Å²) in [5, 5.41) is 0.237. The fourth-order valence-electron chi connectivity index (χ4n) is 2.33. The highest BCUT2D eigenvalue weighted by molar-refractivity contribution is 6.74. The van der Waals surface area contributed by atoms with Gasteiger partial charge in [-0.25, -0.2) is 0 Å². The highest BCUT2D eigenvalue weighted by Crippen LogP contribution is 2.37. The Morgan fingerprint density at radius 1 is 1.13 bits per heavy atom. The first-order valence-electron chi connectivity index (χ1n) is 8.81. The smallest absolute Gasteiger partial charge is 0.242 e. The average Bonchev–Trinajstić information content (AvgIpc) is 2.33. The minimum atomic E-state index is -1.73. The quantitative estimate of drug-likeness (QED) is 0.592. The van der Waals surface area contributed by atoms with Crippen LogP contribution in [0.15, 0.2) is 16.8 Å². The van der Waals surface area contributed by atoms with Crippen molar-refractivity contribution < 1.29 is 8.85 Å². The molecule has 1 aliphatic heterocycles. The zero-order chi connectivity index (χ0) is 18.1. The van der Waals surface area contributed by atoms with E-state index in [1.165, 1.54) is 0 Å². The number of aliphatic imine (C=N–C) groups is 1. The second kappa shape index (κ2) is 7.23. The maximum Gasteiger partial charge on any atom is 0.242 e. The predicted octanol–water partition coefficient (Wildman–Crippen LogP) is 5.47. The van der Waals surface area contributed by atoms with Crippen LogP contribution in [0.3, 0.4) is 0 Å². The summed E-state index contributed by atoms with van der Waals surface area (Å²) in [6.45, 7) is 23.3. The maximum atomic E-state index is 6.41. The molecule has 2 unspecified atom stereocenters. The molecule has 1 rings (SSSR count). The summed E-state index contributed by atoms with van der Waals surface area (Å²) in [5.41, 5.74) is 0. The number of nitrogens with zero attached hydrogens (tertiary/aromatic N) is 1. The van der Waals surface area contributed by atoms with Gasteiger partial charge in [-0.2, -0.15) is 0 Å². The SMILES string of the molecule is CC(C)C1C=C(O[Si](C)(C)C)C=NC1CO[Si](C)(C)C(C)(C)C. The monoisotopic (exact) mass is 355 g/mol. The zero-order valence-electron chi connectivity index (χ0n) is 16.9. The van der Waals surface area contributed by atoms with E-state index in [9.17, 15) is 0 Å². The Balaban J connectivity index is 2.80.